The van der Waals surface area contributed by atoms with Crippen molar-refractivity contribution >= 4 is 11.6 Å². The molecule has 0 saturated carbocycles. The van der Waals surface area contributed by atoms with E-state index in [1.165, 1.54) is 0 Å². The minimum absolute atomic E-state index is 0.125. The first kappa shape index (κ1) is 16.6. The monoisotopic (exact) mass is 334 g/mol. The first-order valence-corrected chi connectivity index (χ1v) is 7.98. The maximum absolute atomic E-state index is 13.6. The Balaban J connectivity index is 1.60. The molecule has 128 valence electrons. The zero-order chi connectivity index (χ0) is 17.1. The maximum atomic E-state index is 13.6. The standard InChI is InChI=1S/C17H20F2N4O/c1-22-16(6-7-20-22)12-3-2-8-23(10-12)11-17(24)21-15-9-13(18)4-5-14(15)19/h4-7,9,12H,2-3,8,10-11H2,1H3,(H,21,24). The number of hydrogen-bond acceptors (Lipinski definition) is 3. The number of nitrogens with one attached hydrogen (secondary N) is 1. The van der Waals surface area contributed by atoms with Crippen molar-refractivity contribution in [1.82, 2.24) is 14.7 Å². The predicted molar refractivity (Wildman–Crippen MR) is 86.6 cm³/mol. The number of hydrogen-bond donors (Lipinski definition) is 1. The average Bonchev–Trinajstić information content (AvgIpc) is 2.97. The van der Waals surface area contributed by atoms with Gasteiger partial charge in [0, 0.05) is 37.5 Å². The molecule has 1 amide bonds. The largest absolute Gasteiger partial charge is 0.322 e. The lowest BCUT2D eigenvalue weighted by atomic mass is 9.94. The van der Waals surface area contributed by atoms with Crippen molar-refractivity contribution in [3.05, 3.63) is 47.8 Å². The van der Waals surface area contributed by atoms with Crippen LogP contribution in [-0.2, 0) is 11.8 Å². The molecule has 0 aliphatic carbocycles. The molecule has 1 aromatic carbocycles. The average molecular weight is 334 g/mol. The SMILES string of the molecule is Cn1nccc1C1CCCN(CC(=O)Nc2cc(F)ccc2F)C1. The molecule has 24 heavy (non-hydrogen) atoms. The van der Waals surface area contributed by atoms with Gasteiger partial charge in [-0.2, -0.15) is 5.10 Å². The normalized spacial score (nSPS) is 18.5. The van der Waals surface area contributed by atoms with Crippen molar-refractivity contribution in [2.75, 3.05) is 25.0 Å². The van der Waals surface area contributed by atoms with Crippen molar-refractivity contribution in [3.63, 3.8) is 0 Å². The number of piperidine rings is 1. The van der Waals surface area contributed by atoms with Gasteiger partial charge in [0.2, 0.25) is 5.91 Å². The highest BCUT2D eigenvalue weighted by Gasteiger charge is 2.24. The fourth-order valence-corrected chi connectivity index (χ4v) is 3.21. The van der Waals surface area contributed by atoms with Gasteiger partial charge in [-0.1, -0.05) is 0 Å². The van der Waals surface area contributed by atoms with E-state index in [4.69, 9.17) is 0 Å². The zero-order valence-electron chi connectivity index (χ0n) is 13.5. The number of aromatic nitrogens is 2. The first-order chi connectivity index (χ1) is 11.5. The van der Waals surface area contributed by atoms with Crippen LogP contribution in [0.15, 0.2) is 30.5 Å². The fourth-order valence-electron chi connectivity index (χ4n) is 3.21. The summed E-state index contributed by atoms with van der Waals surface area (Å²) in [6, 6.07) is 5.01. The summed E-state index contributed by atoms with van der Waals surface area (Å²) in [6.07, 6.45) is 3.81. The van der Waals surface area contributed by atoms with Gasteiger partial charge in [-0.3, -0.25) is 14.4 Å². The van der Waals surface area contributed by atoms with Crippen LogP contribution in [0.1, 0.15) is 24.5 Å². The highest BCUT2D eigenvalue weighted by molar-refractivity contribution is 5.92. The van der Waals surface area contributed by atoms with Gasteiger partial charge in [-0.15, -0.1) is 0 Å². The Labute approximate surface area is 139 Å². The summed E-state index contributed by atoms with van der Waals surface area (Å²) < 4.78 is 28.6. The van der Waals surface area contributed by atoms with Crippen molar-refractivity contribution in [2.45, 2.75) is 18.8 Å². The highest BCUT2D eigenvalue weighted by atomic mass is 19.1. The van der Waals surface area contributed by atoms with Crippen LogP contribution >= 0.6 is 0 Å². The van der Waals surface area contributed by atoms with Crippen molar-refractivity contribution < 1.29 is 13.6 Å². The second-order valence-electron chi connectivity index (χ2n) is 6.13. The van der Waals surface area contributed by atoms with E-state index in [1.807, 2.05) is 22.7 Å². The van der Waals surface area contributed by atoms with E-state index in [9.17, 15) is 13.6 Å². The van der Waals surface area contributed by atoms with Crippen molar-refractivity contribution in [2.24, 2.45) is 7.05 Å². The summed E-state index contributed by atoms with van der Waals surface area (Å²) >= 11 is 0. The molecule has 1 unspecified atom stereocenters. The van der Waals surface area contributed by atoms with Crippen LogP contribution in [0.2, 0.25) is 0 Å². The lowest BCUT2D eigenvalue weighted by Gasteiger charge is -2.32. The lowest BCUT2D eigenvalue weighted by molar-refractivity contribution is -0.117. The minimum Gasteiger partial charge on any atom is -0.322 e. The fraction of sp³-hybridized carbons (Fsp3) is 0.412. The molecule has 1 aromatic heterocycles. The number of amides is 1. The maximum Gasteiger partial charge on any atom is 0.238 e. The number of rotatable bonds is 4. The van der Waals surface area contributed by atoms with Gasteiger partial charge in [0.05, 0.1) is 12.2 Å². The third-order valence-electron chi connectivity index (χ3n) is 4.35. The quantitative estimate of drug-likeness (QED) is 0.935. The Morgan fingerprint density at radius 3 is 2.96 bits per heavy atom. The van der Waals surface area contributed by atoms with Crippen LogP contribution in [0.25, 0.3) is 0 Å². The summed E-state index contributed by atoms with van der Waals surface area (Å²) in [6.45, 7) is 1.72. The number of aryl methyl sites for hydroxylation is 1. The number of nitrogens with zero attached hydrogens (tertiary/aromatic N) is 3. The van der Waals surface area contributed by atoms with Crippen LogP contribution in [-0.4, -0.2) is 40.2 Å². The molecule has 0 bridgehead atoms. The van der Waals surface area contributed by atoms with Gasteiger partial charge in [0.15, 0.2) is 0 Å². The highest BCUT2D eigenvalue weighted by Crippen LogP contribution is 2.26. The van der Waals surface area contributed by atoms with E-state index in [0.717, 1.165) is 49.8 Å². The minimum atomic E-state index is -0.642. The molecule has 0 spiro atoms. The molecule has 1 fully saturated rings. The molecule has 7 heteroatoms. The smallest absolute Gasteiger partial charge is 0.238 e. The topological polar surface area (TPSA) is 50.2 Å². The van der Waals surface area contributed by atoms with Gasteiger partial charge in [-0.05, 0) is 37.6 Å². The number of carbonyl (C=O) groups is 1. The van der Waals surface area contributed by atoms with Crippen molar-refractivity contribution in [3.8, 4) is 0 Å². The molecule has 3 rings (SSSR count). The lowest BCUT2D eigenvalue weighted by Crippen LogP contribution is -2.40. The van der Waals surface area contributed by atoms with E-state index < -0.39 is 11.6 Å². The summed E-state index contributed by atoms with van der Waals surface area (Å²) in [5.41, 5.74) is 1.02. The zero-order valence-corrected chi connectivity index (χ0v) is 13.5. The molecule has 1 atom stereocenters. The number of likely N-dealkylation sites (tertiary alicyclic amines) is 1. The van der Waals surface area contributed by atoms with Gasteiger partial charge in [0.25, 0.3) is 0 Å². The molecule has 1 N–H and O–H groups in total. The molecular weight excluding hydrogens is 314 g/mol. The summed E-state index contributed by atoms with van der Waals surface area (Å²) in [7, 11) is 1.91. The Kier molecular flexibility index (Phi) is 4.89. The van der Waals surface area contributed by atoms with Crippen LogP contribution in [0, 0.1) is 11.6 Å². The molecule has 1 aliphatic rings. The molecule has 2 aromatic rings. The van der Waals surface area contributed by atoms with E-state index in [1.54, 1.807) is 6.20 Å². The Bertz CT molecular complexity index is 731. The Morgan fingerprint density at radius 2 is 2.21 bits per heavy atom. The van der Waals surface area contributed by atoms with Gasteiger partial charge in [0.1, 0.15) is 11.6 Å². The molecule has 2 heterocycles. The first-order valence-electron chi connectivity index (χ1n) is 7.98. The van der Waals surface area contributed by atoms with Gasteiger partial charge in [-0.25, -0.2) is 8.78 Å². The Morgan fingerprint density at radius 1 is 1.38 bits per heavy atom. The second kappa shape index (κ2) is 7.09. The van der Waals surface area contributed by atoms with E-state index in [2.05, 4.69) is 10.4 Å². The molecule has 1 aliphatic heterocycles. The van der Waals surface area contributed by atoms with E-state index >= 15 is 0 Å². The summed E-state index contributed by atoms with van der Waals surface area (Å²) in [4.78, 5) is 14.2. The molecular formula is C17H20F2N4O. The number of benzene rings is 1. The number of halogens is 2. The van der Waals surface area contributed by atoms with E-state index in [0.29, 0.717) is 5.92 Å². The molecule has 0 radical (unpaired) electrons. The predicted octanol–water partition coefficient (Wildman–Crippen LogP) is 2.52. The van der Waals surface area contributed by atoms with Gasteiger partial charge < -0.3 is 5.32 Å². The third-order valence-corrected chi connectivity index (χ3v) is 4.35. The van der Waals surface area contributed by atoms with Gasteiger partial charge >= 0.3 is 0 Å². The van der Waals surface area contributed by atoms with E-state index in [-0.39, 0.29) is 18.1 Å². The Hall–Kier alpha value is -2.28. The summed E-state index contributed by atoms with van der Waals surface area (Å²) in [5.74, 6) is -1.24. The van der Waals surface area contributed by atoms with Crippen LogP contribution in [0.4, 0.5) is 14.5 Å². The molecule has 1 saturated heterocycles. The number of carbonyl (C=O) groups excluding carboxylic acids is 1. The third kappa shape index (κ3) is 3.79. The van der Waals surface area contributed by atoms with Crippen LogP contribution < -0.4 is 5.32 Å². The second-order valence-corrected chi connectivity index (χ2v) is 6.13. The summed E-state index contributed by atoms with van der Waals surface area (Å²) in [5, 5.41) is 6.64. The molecule has 5 nitrogen and oxygen atoms in total. The van der Waals surface area contributed by atoms with Crippen LogP contribution in [0.5, 0.6) is 0 Å². The number of anilines is 1. The van der Waals surface area contributed by atoms with Crippen LogP contribution in [0.3, 0.4) is 0 Å². The van der Waals surface area contributed by atoms with Crippen molar-refractivity contribution in [1.29, 1.82) is 0 Å².